The summed E-state index contributed by atoms with van der Waals surface area (Å²) < 4.78 is 0. The summed E-state index contributed by atoms with van der Waals surface area (Å²) in [7, 11) is 4.14. The maximum absolute atomic E-state index is 11.6. The molecule has 3 aromatic heterocycles. The van der Waals surface area contributed by atoms with E-state index >= 15 is 0 Å². The number of carbonyl (C=O) groups is 1. The molecule has 0 aliphatic rings. The highest BCUT2D eigenvalue weighted by atomic mass is 35.5. The summed E-state index contributed by atoms with van der Waals surface area (Å²) in [5.41, 5.74) is 4.14. The number of aromatic nitrogens is 3. The SMILES string of the molecule is CC(=O)Cc1cc(-c2cc(C(c3ccc(Cl)cc3)N(C)C)c(-c3ncc[nH]3)s2)ccn1. The van der Waals surface area contributed by atoms with Crippen molar-refractivity contribution in [1.82, 2.24) is 19.9 Å². The maximum atomic E-state index is 11.6. The lowest BCUT2D eigenvalue weighted by molar-refractivity contribution is -0.116. The molecule has 0 saturated carbocycles. The van der Waals surface area contributed by atoms with Gasteiger partial charge in [-0.15, -0.1) is 11.3 Å². The van der Waals surface area contributed by atoms with Gasteiger partial charge in [-0.2, -0.15) is 0 Å². The van der Waals surface area contributed by atoms with Gasteiger partial charge in [0.25, 0.3) is 0 Å². The van der Waals surface area contributed by atoms with E-state index in [1.165, 1.54) is 0 Å². The largest absolute Gasteiger partial charge is 0.344 e. The number of imidazole rings is 1. The van der Waals surface area contributed by atoms with Crippen LogP contribution < -0.4 is 0 Å². The molecule has 7 heteroatoms. The normalized spacial score (nSPS) is 12.3. The van der Waals surface area contributed by atoms with Crippen LogP contribution in [0, 0.1) is 0 Å². The number of pyridine rings is 1. The van der Waals surface area contributed by atoms with Gasteiger partial charge >= 0.3 is 0 Å². The molecule has 0 aliphatic heterocycles. The first-order chi connectivity index (χ1) is 14.9. The minimum Gasteiger partial charge on any atom is -0.344 e. The number of benzene rings is 1. The predicted molar refractivity (Wildman–Crippen MR) is 126 cm³/mol. The number of ketones is 1. The second-order valence-corrected chi connectivity index (χ2v) is 9.15. The van der Waals surface area contributed by atoms with Crippen molar-refractivity contribution in [3.63, 3.8) is 0 Å². The van der Waals surface area contributed by atoms with Crippen LogP contribution in [0.3, 0.4) is 0 Å². The van der Waals surface area contributed by atoms with E-state index in [0.29, 0.717) is 11.4 Å². The molecule has 0 spiro atoms. The number of rotatable bonds is 7. The van der Waals surface area contributed by atoms with Gasteiger partial charge in [-0.1, -0.05) is 23.7 Å². The Bertz CT molecular complexity index is 1180. The third-order valence-electron chi connectivity index (χ3n) is 5.00. The van der Waals surface area contributed by atoms with E-state index in [2.05, 4.69) is 52.1 Å². The van der Waals surface area contributed by atoms with Crippen molar-refractivity contribution >= 4 is 28.7 Å². The molecule has 4 aromatic rings. The predicted octanol–water partition coefficient (Wildman–Crippen LogP) is 5.64. The van der Waals surface area contributed by atoms with Crippen LogP contribution in [0.25, 0.3) is 21.1 Å². The monoisotopic (exact) mass is 450 g/mol. The van der Waals surface area contributed by atoms with Gasteiger partial charge in [-0.05, 0) is 68.0 Å². The molecule has 0 bridgehead atoms. The number of H-pyrrole nitrogens is 1. The molecular weight excluding hydrogens is 428 g/mol. The molecule has 4 rings (SSSR count). The molecule has 158 valence electrons. The quantitative estimate of drug-likeness (QED) is 0.396. The standard InChI is InChI=1S/C24H23ClN4OS/c1-15(30)12-19-13-17(8-9-26-19)21-14-20(23(31-21)24-27-10-11-28-24)22(29(2)3)16-4-6-18(25)7-5-16/h4-11,13-14,22H,12H2,1-3H3,(H,27,28). The van der Waals surface area contributed by atoms with Crippen molar-refractivity contribution in [3.05, 3.63) is 82.9 Å². The third-order valence-corrected chi connectivity index (χ3v) is 6.46. The number of thiophene rings is 1. The molecule has 5 nitrogen and oxygen atoms in total. The van der Waals surface area contributed by atoms with E-state index in [-0.39, 0.29) is 11.8 Å². The third kappa shape index (κ3) is 4.77. The van der Waals surface area contributed by atoms with Gasteiger partial charge in [0, 0.05) is 40.6 Å². The lowest BCUT2D eigenvalue weighted by Crippen LogP contribution is -2.21. The van der Waals surface area contributed by atoms with Crippen LogP contribution in [-0.4, -0.2) is 39.7 Å². The molecule has 0 fully saturated rings. The Labute approximate surface area is 190 Å². The Kier molecular flexibility index (Phi) is 6.32. The lowest BCUT2D eigenvalue weighted by atomic mass is 9.97. The fraction of sp³-hybridized carbons (Fsp3) is 0.208. The highest BCUT2D eigenvalue weighted by molar-refractivity contribution is 7.19. The van der Waals surface area contributed by atoms with Crippen molar-refractivity contribution in [2.75, 3.05) is 14.1 Å². The molecule has 1 aromatic carbocycles. The second-order valence-electron chi connectivity index (χ2n) is 7.67. The van der Waals surface area contributed by atoms with Crippen LogP contribution in [0.15, 0.2) is 61.1 Å². The molecule has 0 amide bonds. The Hall–Kier alpha value is -2.80. The zero-order valence-corrected chi connectivity index (χ0v) is 19.2. The van der Waals surface area contributed by atoms with Crippen LogP contribution >= 0.6 is 22.9 Å². The number of carbonyl (C=O) groups excluding carboxylic acids is 1. The minimum atomic E-state index is 0.0286. The summed E-state index contributed by atoms with van der Waals surface area (Å²) in [5.74, 6) is 0.938. The van der Waals surface area contributed by atoms with Crippen molar-refractivity contribution in [2.45, 2.75) is 19.4 Å². The van der Waals surface area contributed by atoms with Gasteiger partial charge in [0.15, 0.2) is 0 Å². The van der Waals surface area contributed by atoms with Gasteiger partial charge in [-0.3, -0.25) is 14.7 Å². The smallest absolute Gasteiger partial charge is 0.147 e. The molecule has 3 heterocycles. The van der Waals surface area contributed by atoms with E-state index in [1.54, 1.807) is 30.7 Å². The number of nitrogens with one attached hydrogen (secondary N) is 1. The Morgan fingerprint density at radius 2 is 1.90 bits per heavy atom. The van der Waals surface area contributed by atoms with Crippen molar-refractivity contribution in [1.29, 1.82) is 0 Å². The molecule has 1 unspecified atom stereocenters. The maximum Gasteiger partial charge on any atom is 0.147 e. The topological polar surface area (TPSA) is 61.9 Å². The molecule has 1 N–H and O–H groups in total. The summed E-state index contributed by atoms with van der Waals surface area (Å²) >= 11 is 7.82. The lowest BCUT2D eigenvalue weighted by Gasteiger charge is -2.25. The molecule has 0 saturated heterocycles. The Morgan fingerprint density at radius 1 is 1.13 bits per heavy atom. The van der Waals surface area contributed by atoms with Crippen molar-refractivity contribution in [3.8, 4) is 21.1 Å². The summed E-state index contributed by atoms with van der Waals surface area (Å²) in [5, 5.41) is 0.716. The van der Waals surface area contributed by atoms with E-state index in [9.17, 15) is 4.79 Å². The number of Topliss-reactive ketones (excluding diaryl/α,β-unsaturated/α-hetero) is 1. The molecule has 31 heavy (non-hydrogen) atoms. The van der Waals surface area contributed by atoms with Gasteiger partial charge in [-0.25, -0.2) is 4.98 Å². The Balaban J connectivity index is 1.85. The first kappa shape index (κ1) is 21.4. The molecule has 0 radical (unpaired) electrons. The van der Waals surface area contributed by atoms with Gasteiger partial charge in [0.05, 0.1) is 10.9 Å². The van der Waals surface area contributed by atoms with Gasteiger partial charge in [0.2, 0.25) is 0 Å². The average Bonchev–Trinajstić information content (AvgIpc) is 3.39. The number of hydrogen-bond donors (Lipinski definition) is 1. The zero-order valence-electron chi connectivity index (χ0n) is 17.6. The van der Waals surface area contributed by atoms with Crippen molar-refractivity contribution < 1.29 is 4.79 Å². The summed E-state index contributed by atoms with van der Waals surface area (Å²) in [6.45, 7) is 1.58. The molecule has 1 atom stereocenters. The van der Waals surface area contributed by atoms with Crippen molar-refractivity contribution in [2.24, 2.45) is 0 Å². The fourth-order valence-corrected chi connectivity index (χ4v) is 4.98. The van der Waals surface area contributed by atoms with E-state index in [0.717, 1.165) is 38.0 Å². The van der Waals surface area contributed by atoms with Crippen LogP contribution in [0.4, 0.5) is 0 Å². The van der Waals surface area contributed by atoms with E-state index < -0.39 is 0 Å². The summed E-state index contributed by atoms with van der Waals surface area (Å²) in [6, 6.07) is 14.2. The first-order valence-corrected chi connectivity index (χ1v) is 11.1. The average molecular weight is 451 g/mol. The number of halogens is 1. The summed E-state index contributed by atoms with van der Waals surface area (Å²) in [6.07, 6.45) is 5.70. The number of hydrogen-bond acceptors (Lipinski definition) is 5. The van der Waals surface area contributed by atoms with Crippen LogP contribution in [0.5, 0.6) is 0 Å². The van der Waals surface area contributed by atoms with E-state index in [4.69, 9.17) is 11.6 Å². The van der Waals surface area contributed by atoms with Gasteiger partial charge in [0.1, 0.15) is 11.6 Å². The van der Waals surface area contributed by atoms with Crippen LogP contribution in [0.2, 0.25) is 5.02 Å². The minimum absolute atomic E-state index is 0.0286. The van der Waals surface area contributed by atoms with E-state index in [1.807, 2.05) is 30.5 Å². The summed E-state index contributed by atoms with van der Waals surface area (Å²) in [4.78, 5) is 28.1. The molecular formula is C24H23ClN4OS. The number of nitrogens with zero attached hydrogens (tertiary/aromatic N) is 3. The van der Waals surface area contributed by atoms with Gasteiger partial charge < -0.3 is 4.98 Å². The van der Waals surface area contributed by atoms with Crippen LogP contribution in [-0.2, 0) is 11.2 Å². The molecule has 0 aliphatic carbocycles. The second kappa shape index (κ2) is 9.14. The first-order valence-electron chi connectivity index (χ1n) is 9.92. The zero-order chi connectivity index (χ0) is 22.0. The number of aromatic amines is 1. The Morgan fingerprint density at radius 3 is 2.55 bits per heavy atom. The highest BCUT2D eigenvalue weighted by Gasteiger charge is 2.25. The fourth-order valence-electron chi connectivity index (χ4n) is 3.71. The van der Waals surface area contributed by atoms with Crippen LogP contribution in [0.1, 0.15) is 29.8 Å². The highest BCUT2D eigenvalue weighted by Crippen LogP contribution is 2.43.